The SMILES string of the molecule is CN=C(NCCNC(=O)C(C)(C)C)NC1CCN(C2CCCC2)CC1.I. The molecule has 0 atom stereocenters. The monoisotopic (exact) mass is 479 g/mol. The second-order valence-electron chi connectivity index (χ2n) is 8.40. The van der Waals surface area contributed by atoms with Gasteiger partial charge in [0.25, 0.3) is 0 Å². The number of nitrogens with one attached hydrogen (secondary N) is 3. The van der Waals surface area contributed by atoms with E-state index in [4.69, 9.17) is 0 Å². The zero-order valence-corrected chi connectivity index (χ0v) is 19.3. The predicted octanol–water partition coefficient (Wildman–Crippen LogP) is 2.34. The number of aliphatic imine (C=N–C) groups is 1. The topological polar surface area (TPSA) is 68.8 Å². The third-order valence-corrected chi connectivity index (χ3v) is 5.32. The molecule has 2 fully saturated rings. The average molecular weight is 479 g/mol. The van der Waals surface area contributed by atoms with Gasteiger partial charge in [-0.1, -0.05) is 33.6 Å². The van der Waals surface area contributed by atoms with E-state index in [0.717, 1.165) is 12.0 Å². The number of nitrogens with zero attached hydrogens (tertiary/aromatic N) is 2. The Bertz CT molecular complexity index is 449. The van der Waals surface area contributed by atoms with E-state index >= 15 is 0 Å². The first-order valence-electron chi connectivity index (χ1n) is 9.89. The second kappa shape index (κ2) is 11.3. The molecular formula is C19H38IN5O. The maximum Gasteiger partial charge on any atom is 0.225 e. The van der Waals surface area contributed by atoms with Gasteiger partial charge >= 0.3 is 0 Å². The zero-order valence-electron chi connectivity index (χ0n) is 16.9. The number of hydrogen-bond acceptors (Lipinski definition) is 3. The Kier molecular flexibility index (Phi) is 10.2. The lowest BCUT2D eigenvalue weighted by molar-refractivity contribution is -0.128. The van der Waals surface area contributed by atoms with Crippen molar-refractivity contribution in [3.63, 3.8) is 0 Å². The van der Waals surface area contributed by atoms with Gasteiger partial charge in [0, 0.05) is 50.7 Å². The van der Waals surface area contributed by atoms with Crippen molar-refractivity contribution in [2.75, 3.05) is 33.2 Å². The third kappa shape index (κ3) is 7.58. The van der Waals surface area contributed by atoms with Crippen LogP contribution in [0.25, 0.3) is 0 Å². The standard InChI is InChI=1S/C19H37N5O.HI/c1-19(2,3)17(25)21-11-12-22-18(20-4)23-15-9-13-24(14-10-15)16-7-5-6-8-16;/h15-16H,5-14H2,1-4H3,(H,21,25)(H2,20,22,23);1H. The molecule has 26 heavy (non-hydrogen) atoms. The Labute approximate surface area is 176 Å². The maximum absolute atomic E-state index is 11.8. The fourth-order valence-corrected chi connectivity index (χ4v) is 3.69. The normalized spacial score (nSPS) is 20.5. The first-order valence-corrected chi connectivity index (χ1v) is 9.89. The van der Waals surface area contributed by atoms with Gasteiger partial charge in [-0.15, -0.1) is 24.0 Å². The van der Waals surface area contributed by atoms with Crippen LogP contribution >= 0.6 is 24.0 Å². The minimum absolute atomic E-state index is 0. The van der Waals surface area contributed by atoms with Gasteiger partial charge in [0.1, 0.15) is 0 Å². The highest BCUT2D eigenvalue weighted by Crippen LogP contribution is 2.26. The van der Waals surface area contributed by atoms with Crippen molar-refractivity contribution >= 4 is 35.8 Å². The molecule has 0 aromatic carbocycles. The third-order valence-electron chi connectivity index (χ3n) is 5.32. The van der Waals surface area contributed by atoms with Crippen LogP contribution < -0.4 is 16.0 Å². The quantitative estimate of drug-likeness (QED) is 0.245. The first-order chi connectivity index (χ1) is 11.9. The Morgan fingerprint density at radius 2 is 1.62 bits per heavy atom. The molecule has 2 rings (SSSR count). The summed E-state index contributed by atoms with van der Waals surface area (Å²) in [5, 5.41) is 9.79. The highest BCUT2D eigenvalue weighted by atomic mass is 127. The van der Waals surface area contributed by atoms with Gasteiger partial charge in [0.2, 0.25) is 5.91 Å². The summed E-state index contributed by atoms with van der Waals surface area (Å²) in [5.41, 5.74) is -0.340. The molecule has 2 aliphatic rings. The van der Waals surface area contributed by atoms with Gasteiger partial charge in [-0.25, -0.2) is 0 Å². The minimum Gasteiger partial charge on any atom is -0.355 e. The van der Waals surface area contributed by atoms with E-state index in [-0.39, 0.29) is 35.3 Å². The predicted molar refractivity (Wildman–Crippen MR) is 119 cm³/mol. The van der Waals surface area contributed by atoms with Crippen LogP contribution in [-0.2, 0) is 4.79 Å². The summed E-state index contributed by atoms with van der Waals surface area (Å²) >= 11 is 0. The zero-order chi connectivity index (χ0) is 18.3. The molecule has 0 radical (unpaired) electrons. The molecule has 1 heterocycles. The van der Waals surface area contributed by atoms with Crippen molar-refractivity contribution in [1.82, 2.24) is 20.9 Å². The van der Waals surface area contributed by atoms with Crippen molar-refractivity contribution in [3.05, 3.63) is 0 Å². The highest BCUT2D eigenvalue weighted by molar-refractivity contribution is 14.0. The Balaban J connectivity index is 0.00000338. The Hall–Kier alpha value is -0.570. The molecule has 0 spiro atoms. The number of rotatable bonds is 5. The van der Waals surface area contributed by atoms with Crippen LogP contribution in [0.5, 0.6) is 0 Å². The molecule has 1 aliphatic heterocycles. The number of carbonyl (C=O) groups excluding carboxylic acids is 1. The lowest BCUT2D eigenvalue weighted by Crippen LogP contribution is -2.51. The largest absolute Gasteiger partial charge is 0.355 e. The number of amides is 1. The number of piperidine rings is 1. The lowest BCUT2D eigenvalue weighted by atomic mass is 9.96. The summed E-state index contributed by atoms with van der Waals surface area (Å²) < 4.78 is 0. The molecule has 7 heteroatoms. The van der Waals surface area contributed by atoms with E-state index < -0.39 is 0 Å². The maximum atomic E-state index is 11.8. The van der Waals surface area contributed by atoms with Crippen molar-refractivity contribution in [2.24, 2.45) is 10.4 Å². The van der Waals surface area contributed by atoms with Gasteiger partial charge in [-0.2, -0.15) is 0 Å². The van der Waals surface area contributed by atoms with Gasteiger partial charge in [0.05, 0.1) is 0 Å². The van der Waals surface area contributed by atoms with Crippen molar-refractivity contribution in [1.29, 1.82) is 0 Å². The van der Waals surface area contributed by atoms with E-state index in [2.05, 4.69) is 25.8 Å². The van der Waals surface area contributed by atoms with Crippen LogP contribution in [0.3, 0.4) is 0 Å². The average Bonchev–Trinajstić information content (AvgIpc) is 3.11. The van der Waals surface area contributed by atoms with E-state index in [1.54, 1.807) is 7.05 Å². The number of hydrogen-bond donors (Lipinski definition) is 3. The first kappa shape index (κ1) is 23.5. The summed E-state index contributed by atoms with van der Waals surface area (Å²) in [6.45, 7) is 9.46. The van der Waals surface area contributed by atoms with Crippen LogP contribution in [0.1, 0.15) is 59.3 Å². The smallest absolute Gasteiger partial charge is 0.225 e. The van der Waals surface area contributed by atoms with Gasteiger partial charge in [-0.05, 0) is 25.7 Å². The number of guanidine groups is 1. The summed E-state index contributed by atoms with van der Waals surface area (Å²) in [7, 11) is 1.80. The molecule has 1 saturated heterocycles. The highest BCUT2D eigenvalue weighted by Gasteiger charge is 2.27. The van der Waals surface area contributed by atoms with Crippen molar-refractivity contribution < 1.29 is 4.79 Å². The molecule has 0 aromatic rings. The summed E-state index contributed by atoms with van der Waals surface area (Å²) in [5.74, 6) is 0.917. The Morgan fingerprint density at radius 3 is 2.15 bits per heavy atom. The van der Waals surface area contributed by atoms with E-state index in [1.807, 2.05) is 20.8 Å². The van der Waals surface area contributed by atoms with Gasteiger partial charge < -0.3 is 20.9 Å². The van der Waals surface area contributed by atoms with Crippen LogP contribution in [0.15, 0.2) is 4.99 Å². The molecule has 0 bridgehead atoms. The number of halogens is 1. The van der Waals surface area contributed by atoms with Crippen molar-refractivity contribution in [2.45, 2.75) is 71.4 Å². The molecule has 6 nitrogen and oxygen atoms in total. The lowest BCUT2D eigenvalue weighted by Gasteiger charge is -2.36. The molecule has 1 saturated carbocycles. The molecule has 0 unspecified atom stereocenters. The molecule has 1 aliphatic carbocycles. The molecular weight excluding hydrogens is 441 g/mol. The van der Waals surface area contributed by atoms with Crippen LogP contribution in [0.4, 0.5) is 0 Å². The summed E-state index contributed by atoms with van der Waals surface area (Å²) in [6.07, 6.45) is 7.95. The number of likely N-dealkylation sites (tertiary alicyclic amines) is 1. The fourth-order valence-electron chi connectivity index (χ4n) is 3.69. The minimum atomic E-state index is -0.340. The van der Waals surface area contributed by atoms with E-state index in [9.17, 15) is 4.79 Å². The summed E-state index contributed by atoms with van der Waals surface area (Å²) in [6, 6.07) is 1.33. The van der Waals surface area contributed by atoms with E-state index in [1.165, 1.54) is 51.6 Å². The molecule has 152 valence electrons. The van der Waals surface area contributed by atoms with Crippen molar-refractivity contribution in [3.8, 4) is 0 Å². The van der Waals surface area contributed by atoms with Crippen LogP contribution in [-0.4, -0.2) is 62.1 Å². The molecule has 3 N–H and O–H groups in total. The van der Waals surface area contributed by atoms with Crippen LogP contribution in [0, 0.1) is 5.41 Å². The van der Waals surface area contributed by atoms with E-state index in [0.29, 0.717) is 19.1 Å². The van der Waals surface area contributed by atoms with Crippen LogP contribution in [0.2, 0.25) is 0 Å². The molecule has 1 amide bonds. The Morgan fingerprint density at radius 1 is 1.04 bits per heavy atom. The molecule has 0 aromatic heterocycles. The number of carbonyl (C=O) groups is 1. The van der Waals surface area contributed by atoms with Gasteiger partial charge in [0.15, 0.2) is 5.96 Å². The fraction of sp³-hybridized carbons (Fsp3) is 0.895. The summed E-state index contributed by atoms with van der Waals surface area (Å²) in [4.78, 5) is 18.8. The second-order valence-corrected chi connectivity index (χ2v) is 8.40. The van der Waals surface area contributed by atoms with Gasteiger partial charge in [-0.3, -0.25) is 9.79 Å².